The Bertz CT molecular complexity index is 1050. The fourth-order valence-corrected chi connectivity index (χ4v) is 3.48. The van der Waals surface area contributed by atoms with E-state index in [4.69, 9.17) is 10.00 Å². The van der Waals surface area contributed by atoms with Crippen molar-refractivity contribution in [1.82, 2.24) is 9.88 Å². The first-order valence-electron chi connectivity index (χ1n) is 9.90. The highest BCUT2D eigenvalue weighted by atomic mass is 16.5. The number of aromatic nitrogens is 1. The third kappa shape index (κ3) is 4.58. The maximum absolute atomic E-state index is 13.0. The number of piperazine rings is 1. The first-order valence-corrected chi connectivity index (χ1v) is 9.90. The molecule has 1 saturated heterocycles. The normalized spacial score (nSPS) is 13.6. The molecule has 6 heteroatoms. The minimum absolute atomic E-state index is 0.0315. The van der Waals surface area contributed by atoms with Crippen LogP contribution in [-0.2, 0) is 6.61 Å². The van der Waals surface area contributed by atoms with E-state index in [9.17, 15) is 4.79 Å². The number of pyridine rings is 1. The molecule has 4 rings (SSSR count). The zero-order valence-electron chi connectivity index (χ0n) is 16.6. The average Bonchev–Trinajstić information content (AvgIpc) is 2.83. The molecule has 2 heterocycles. The van der Waals surface area contributed by atoms with Crippen LogP contribution in [0.25, 0.3) is 0 Å². The third-order valence-corrected chi connectivity index (χ3v) is 5.08. The largest absolute Gasteiger partial charge is 0.489 e. The number of amides is 1. The Morgan fingerprint density at radius 1 is 1.00 bits per heavy atom. The van der Waals surface area contributed by atoms with Crippen LogP contribution >= 0.6 is 0 Å². The molecule has 0 unspecified atom stereocenters. The summed E-state index contributed by atoms with van der Waals surface area (Å²) < 4.78 is 5.79. The van der Waals surface area contributed by atoms with Crippen molar-refractivity contribution in [2.24, 2.45) is 0 Å². The molecule has 0 radical (unpaired) electrons. The van der Waals surface area contributed by atoms with E-state index >= 15 is 0 Å². The van der Waals surface area contributed by atoms with Crippen molar-refractivity contribution < 1.29 is 9.53 Å². The number of ether oxygens (including phenoxy) is 1. The molecular weight excluding hydrogens is 376 g/mol. The number of carbonyl (C=O) groups is 1. The van der Waals surface area contributed by atoms with Crippen LogP contribution in [0.5, 0.6) is 5.75 Å². The lowest BCUT2D eigenvalue weighted by molar-refractivity contribution is 0.0746. The van der Waals surface area contributed by atoms with Crippen LogP contribution in [-0.4, -0.2) is 42.0 Å². The van der Waals surface area contributed by atoms with Gasteiger partial charge in [-0.3, -0.25) is 4.79 Å². The van der Waals surface area contributed by atoms with Crippen molar-refractivity contribution in [2.45, 2.75) is 6.61 Å². The summed E-state index contributed by atoms with van der Waals surface area (Å²) >= 11 is 0. The highest BCUT2D eigenvalue weighted by Crippen LogP contribution is 2.17. The smallest absolute Gasteiger partial charge is 0.253 e. The van der Waals surface area contributed by atoms with E-state index in [0.717, 1.165) is 24.5 Å². The highest BCUT2D eigenvalue weighted by molar-refractivity contribution is 5.94. The molecule has 1 aromatic heterocycles. The highest BCUT2D eigenvalue weighted by Gasteiger charge is 2.22. The average molecular weight is 398 g/mol. The number of benzene rings is 2. The lowest BCUT2D eigenvalue weighted by Gasteiger charge is -2.35. The second-order valence-electron chi connectivity index (χ2n) is 7.10. The topological polar surface area (TPSA) is 69.5 Å². The van der Waals surface area contributed by atoms with Gasteiger partial charge in [0.15, 0.2) is 0 Å². The molecule has 0 spiro atoms. The molecule has 0 saturated carbocycles. The second-order valence-corrected chi connectivity index (χ2v) is 7.10. The number of rotatable bonds is 5. The van der Waals surface area contributed by atoms with Crippen molar-refractivity contribution >= 4 is 11.7 Å². The Hall–Kier alpha value is -3.85. The fourth-order valence-electron chi connectivity index (χ4n) is 3.48. The van der Waals surface area contributed by atoms with Crippen LogP contribution in [0.1, 0.15) is 21.5 Å². The predicted octanol–water partition coefficient (Wildman–Crippen LogP) is 3.49. The monoisotopic (exact) mass is 398 g/mol. The molecule has 0 N–H and O–H groups in total. The van der Waals surface area contributed by atoms with Crippen molar-refractivity contribution in [3.05, 3.63) is 89.6 Å². The Labute approximate surface area is 176 Å². The van der Waals surface area contributed by atoms with Crippen molar-refractivity contribution in [1.29, 1.82) is 5.26 Å². The number of hydrogen-bond acceptors (Lipinski definition) is 5. The Morgan fingerprint density at radius 3 is 2.60 bits per heavy atom. The Balaban J connectivity index is 1.36. The predicted molar refractivity (Wildman–Crippen MR) is 114 cm³/mol. The summed E-state index contributed by atoms with van der Waals surface area (Å²) in [5.41, 5.74) is 2.13. The minimum Gasteiger partial charge on any atom is -0.489 e. The van der Waals surface area contributed by atoms with Gasteiger partial charge in [0.1, 0.15) is 18.2 Å². The van der Waals surface area contributed by atoms with Crippen LogP contribution in [0.15, 0.2) is 72.9 Å². The van der Waals surface area contributed by atoms with Gasteiger partial charge in [-0.05, 0) is 48.0 Å². The number of nitrogens with zero attached hydrogens (tertiary/aromatic N) is 4. The first kappa shape index (κ1) is 19.5. The number of nitriles is 1. The van der Waals surface area contributed by atoms with Crippen molar-refractivity contribution in [3.63, 3.8) is 0 Å². The van der Waals surface area contributed by atoms with Crippen LogP contribution in [0.2, 0.25) is 0 Å². The van der Waals surface area contributed by atoms with Crippen LogP contribution < -0.4 is 9.64 Å². The molecule has 2 aromatic carbocycles. The maximum atomic E-state index is 13.0. The molecule has 0 atom stereocenters. The van der Waals surface area contributed by atoms with Gasteiger partial charge in [-0.25, -0.2) is 4.98 Å². The minimum atomic E-state index is 0.0315. The molecular formula is C24H22N4O2. The molecule has 6 nitrogen and oxygen atoms in total. The first-order chi connectivity index (χ1) is 14.7. The lowest BCUT2D eigenvalue weighted by Crippen LogP contribution is -2.49. The van der Waals surface area contributed by atoms with Gasteiger partial charge in [0, 0.05) is 37.9 Å². The van der Waals surface area contributed by atoms with Crippen LogP contribution in [0.3, 0.4) is 0 Å². The van der Waals surface area contributed by atoms with Gasteiger partial charge in [0.25, 0.3) is 5.91 Å². The van der Waals surface area contributed by atoms with E-state index in [2.05, 4.69) is 16.0 Å². The molecule has 150 valence electrons. The summed E-state index contributed by atoms with van der Waals surface area (Å²) in [6.45, 7) is 3.19. The summed E-state index contributed by atoms with van der Waals surface area (Å²) in [6.07, 6.45) is 1.79. The number of carbonyl (C=O) groups excluding carboxylic acids is 1. The summed E-state index contributed by atoms with van der Waals surface area (Å²) in [6, 6.07) is 22.5. The Kier molecular flexibility index (Phi) is 5.90. The number of anilines is 1. The quantitative estimate of drug-likeness (QED) is 0.658. The van der Waals surface area contributed by atoms with Gasteiger partial charge < -0.3 is 14.5 Å². The van der Waals surface area contributed by atoms with Crippen LogP contribution in [0.4, 0.5) is 5.82 Å². The van der Waals surface area contributed by atoms with E-state index in [1.54, 1.807) is 24.4 Å². The van der Waals surface area contributed by atoms with Gasteiger partial charge in [-0.1, -0.05) is 24.3 Å². The molecule has 1 aliphatic heterocycles. The Morgan fingerprint density at radius 2 is 1.83 bits per heavy atom. The van der Waals surface area contributed by atoms with E-state index in [1.165, 1.54) is 0 Å². The zero-order chi connectivity index (χ0) is 20.8. The third-order valence-electron chi connectivity index (χ3n) is 5.08. The zero-order valence-corrected chi connectivity index (χ0v) is 16.6. The summed E-state index contributed by atoms with van der Waals surface area (Å²) in [5.74, 6) is 1.62. The van der Waals surface area contributed by atoms with Gasteiger partial charge in [0.2, 0.25) is 0 Å². The summed E-state index contributed by atoms with van der Waals surface area (Å²) in [7, 11) is 0. The standard InChI is InChI=1S/C24H22N4O2/c25-17-19-5-4-8-22(16-19)30-18-20-6-3-7-21(15-20)24(29)28-13-11-27(12-14-28)23-9-1-2-10-26-23/h1-10,15-16H,11-14,18H2. The van der Waals surface area contributed by atoms with Gasteiger partial charge in [-0.2, -0.15) is 5.26 Å². The van der Waals surface area contributed by atoms with E-state index in [0.29, 0.717) is 36.6 Å². The van der Waals surface area contributed by atoms with Gasteiger partial charge in [-0.15, -0.1) is 0 Å². The molecule has 3 aromatic rings. The molecule has 0 aliphatic carbocycles. The number of hydrogen-bond donors (Lipinski definition) is 0. The van der Waals surface area contributed by atoms with Gasteiger partial charge >= 0.3 is 0 Å². The summed E-state index contributed by atoms with van der Waals surface area (Å²) in [4.78, 5) is 21.4. The summed E-state index contributed by atoms with van der Waals surface area (Å²) in [5, 5.41) is 9.00. The van der Waals surface area contributed by atoms with E-state index in [-0.39, 0.29) is 5.91 Å². The molecule has 30 heavy (non-hydrogen) atoms. The SMILES string of the molecule is N#Cc1cccc(OCc2cccc(C(=O)N3CCN(c4ccccn4)CC3)c2)c1. The molecule has 1 fully saturated rings. The van der Waals surface area contributed by atoms with E-state index < -0.39 is 0 Å². The lowest BCUT2D eigenvalue weighted by atomic mass is 10.1. The maximum Gasteiger partial charge on any atom is 0.253 e. The second kappa shape index (κ2) is 9.10. The van der Waals surface area contributed by atoms with Crippen LogP contribution in [0, 0.1) is 11.3 Å². The fraction of sp³-hybridized carbons (Fsp3) is 0.208. The molecule has 1 aliphatic rings. The molecule has 0 bridgehead atoms. The molecule has 1 amide bonds. The van der Waals surface area contributed by atoms with E-state index in [1.807, 2.05) is 53.4 Å². The van der Waals surface area contributed by atoms with Gasteiger partial charge in [0.05, 0.1) is 11.6 Å². The van der Waals surface area contributed by atoms with Crippen molar-refractivity contribution in [3.8, 4) is 11.8 Å². The van der Waals surface area contributed by atoms with Crippen molar-refractivity contribution in [2.75, 3.05) is 31.1 Å².